The summed E-state index contributed by atoms with van der Waals surface area (Å²) < 4.78 is 13.1. The molecule has 128 valence electrons. The summed E-state index contributed by atoms with van der Waals surface area (Å²) in [6, 6.07) is 15.7. The number of hydrogen-bond acceptors (Lipinski definition) is 2. The van der Waals surface area contributed by atoms with Gasteiger partial charge < -0.3 is 5.73 Å². The zero-order valence-corrected chi connectivity index (χ0v) is 14.4. The summed E-state index contributed by atoms with van der Waals surface area (Å²) in [5, 5.41) is 0. The van der Waals surface area contributed by atoms with E-state index in [-0.39, 0.29) is 5.82 Å². The molecule has 2 N–H and O–H groups in total. The predicted octanol–water partition coefficient (Wildman–Crippen LogP) is 4.09. The van der Waals surface area contributed by atoms with E-state index in [2.05, 4.69) is 36.1 Å². The summed E-state index contributed by atoms with van der Waals surface area (Å²) >= 11 is 0. The molecular formula is C21H27FN2. The van der Waals surface area contributed by atoms with Crippen LogP contribution in [0.1, 0.15) is 35.4 Å². The van der Waals surface area contributed by atoms with Gasteiger partial charge in [-0.2, -0.15) is 0 Å². The van der Waals surface area contributed by atoms with Crippen LogP contribution in [0.5, 0.6) is 0 Å². The number of likely N-dealkylation sites (tertiary alicyclic amines) is 1. The normalized spacial score (nSPS) is 17.8. The van der Waals surface area contributed by atoms with Crippen molar-refractivity contribution in [1.82, 2.24) is 4.90 Å². The van der Waals surface area contributed by atoms with Gasteiger partial charge in [0.1, 0.15) is 5.82 Å². The number of benzene rings is 2. The summed E-state index contributed by atoms with van der Waals surface area (Å²) in [4.78, 5) is 2.53. The van der Waals surface area contributed by atoms with Gasteiger partial charge in [0.25, 0.3) is 0 Å². The Morgan fingerprint density at radius 2 is 1.67 bits per heavy atom. The smallest absolute Gasteiger partial charge is 0.123 e. The van der Waals surface area contributed by atoms with Crippen molar-refractivity contribution in [2.45, 2.75) is 32.2 Å². The van der Waals surface area contributed by atoms with Gasteiger partial charge in [0, 0.05) is 6.54 Å². The number of aryl methyl sites for hydroxylation is 1. The second kappa shape index (κ2) is 7.91. The lowest BCUT2D eigenvalue weighted by molar-refractivity contribution is 0.162. The third-order valence-corrected chi connectivity index (χ3v) is 5.28. The van der Waals surface area contributed by atoms with Crippen molar-refractivity contribution in [3.05, 3.63) is 71.0 Å². The highest BCUT2D eigenvalue weighted by atomic mass is 19.1. The standard InChI is InChI=1S/C21H27FN2/c1-16-2-4-17(5-3-16)15-24-12-10-19(11-13-24)21(14-23)18-6-8-20(22)9-7-18/h2-9,19,21H,10-15,23H2,1H3. The van der Waals surface area contributed by atoms with Crippen molar-refractivity contribution in [3.63, 3.8) is 0 Å². The molecule has 24 heavy (non-hydrogen) atoms. The van der Waals surface area contributed by atoms with Gasteiger partial charge in [0.15, 0.2) is 0 Å². The maximum Gasteiger partial charge on any atom is 0.123 e. The summed E-state index contributed by atoms with van der Waals surface area (Å²) in [5.41, 5.74) is 9.91. The minimum absolute atomic E-state index is 0.178. The van der Waals surface area contributed by atoms with Crippen LogP contribution in [-0.2, 0) is 6.54 Å². The van der Waals surface area contributed by atoms with Gasteiger partial charge in [-0.1, -0.05) is 42.0 Å². The van der Waals surface area contributed by atoms with E-state index in [1.165, 1.54) is 16.7 Å². The van der Waals surface area contributed by atoms with Crippen LogP contribution in [0.25, 0.3) is 0 Å². The molecule has 2 aromatic carbocycles. The van der Waals surface area contributed by atoms with Gasteiger partial charge in [-0.25, -0.2) is 4.39 Å². The van der Waals surface area contributed by atoms with Crippen LogP contribution in [0.2, 0.25) is 0 Å². The highest BCUT2D eigenvalue weighted by molar-refractivity contribution is 5.23. The number of nitrogens with zero attached hydrogens (tertiary/aromatic N) is 1. The van der Waals surface area contributed by atoms with Gasteiger partial charge in [-0.3, -0.25) is 4.90 Å². The number of nitrogens with two attached hydrogens (primary N) is 1. The molecule has 0 saturated carbocycles. The second-order valence-corrected chi connectivity index (χ2v) is 6.99. The average Bonchev–Trinajstić information content (AvgIpc) is 2.61. The van der Waals surface area contributed by atoms with Crippen molar-refractivity contribution >= 4 is 0 Å². The second-order valence-electron chi connectivity index (χ2n) is 6.99. The molecule has 1 aliphatic rings. The van der Waals surface area contributed by atoms with E-state index >= 15 is 0 Å². The zero-order chi connectivity index (χ0) is 16.9. The van der Waals surface area contributed by atoms with Gasteiger partial charge in [0.2, 0.25) is 0 Å². The van der Waals surface area contributed by atoms with Gasteiger partial charge in [-0.15, -0.1) is 0 Å². The molecule has 2 nitrogen and oxygen atoms in total. The summed E-state index contributed by atoms with van der Waals surface area (Å²) in [7, 11) is 0. The molecule has 0 amide bonds. The van der Waals surface area contributed by atoms with Crippen molar-refractivity contribution in [2.24, 2.45) is 11.7 Å². The summed E-state index contributed by atoms with van der Waals surface area (Å²) in [6.07, 6.45) is 2.32. The topological polar surface area (TPSA) is 29.3 Å². The fourth-order valence-electron chi connectivity index (χ4n) is 3.78. The lowest BCUT2D eigenvalue weighted by Gasteiger charge is -2.36. The lowest BCUT2D eigenvalue weighted by Crippen LogP contribution is -2.36. The first-order chi connectivity index (χ1) is 11.7. The van der Waals surface area contributed by atoms with Gasteiger partial charge in [-0.05, 0) is 74.5 Å². The fraction of sp³-hybridized carbons (Fsp3) is 0.429. The molecule has 1 fully saturated rings. The Morgan fingerprint density at radius 1 is 1.04 bits per heavy atom. The third kappa shape index (κ3) is 4.22. The van der Waals surface area contributed by atoms with E-state index in [1.54, 1.807) is 12.1 Å². The third-order valence-electron chi connectivity index (χ3n) is 5.28. The minimum atomic E-state index is -0.178. The Balaban J connectivity index is 1.57. The van der Waals surface area contributed by atoms with Gasteiger partial charge >= 0.3 is 0 Å². The molecule has 0 radical (unpaired) electrons. The molecule has 1 unspecified atom stereocenters. The zero-order valence-electron chi connectivity index (χ0n) is 14.4. The molecule has 0 bridgehead atoms. The van der Waals surface area contributed by atoms with Crippen LogP contribution >= 0.6 is 0 Å². The molecule has 1 saturated heterocycles. The molecule has 3 rings (SSSR count). The highest BCUT2D eigenvalue weighted by Gasteiger charge is 2.26. The van der Waals surface area contributed by atoms with Crippen molar-refractivity contribution < 1.29 is 4.39 Å². The molecule has 0 aliphatic carbocycles. The van der Waals surface area contributed by atoms with Crippen LogP contribution in [0, 0.1) is 18.7 Å². The largest absolute Gasteiger partial charge is 0.330 e. The predicted molar refractivity (Wildman–Crippen MR) is 97.4 cm³/mol. The first-order valence-corrected chi connectivity index (χ1v) is 8.89. The average molecular weight is 326 g/mol. The maximum atomic E-state index is 13.1. The van der Waals surface area contributed by atoms with Crippen molar-refractivity contribution in [3.8, 4) is 0 Å². The molecule has 1 aliphatic heterocycles. The number of rotatable bonds is 5. The Bertz CT molecular complexity index is 628. The highest BCUT2D eigenvalue weighted by Crippen LogP contribution is 2.32. The number of hydrogen-bond donors (Lipinski definition) is 1. The Hall–Kier alpha value is -1.71. The summed E-state index contributed by atoms with van der Waals surface area (Å²) in [6.45, 7) is 6.00. The van der Waals surface area contributed by atoms with Crippen molar-refractivity contribution in [2.75, 3.05) is 19.6 Å². The first-order valence-electron chi connectivity index (χ1n) is 8.89. The molecule has 1 heterocycles. The van der Waals surface area contributed by atoms with E-state index in [0.717, 1.165) is 32.5 Å². The van der Waals surface area contributed by atoms with Crippen LogP contribution in [0.3, 0.4) is 0 Å². The molecular weight excluding hydrogens is 299 g/mol. The molecule has 2 aromatic rings. The minimum Gasteiger partial charge on any atom is -0.330 e. The summed E-state index contributed by atoms with van der Waals surface area (Å²) in [5.74, 6) is 0.754. The lowest BCUT2D eigenvalue weighted by atomic mass is 9.80. The van der Waals surface area contributed by atoms with Gasteiger partial charge in [0.05, 0.1) is 0 Å². The molecule has 0 aromatic heterocycles. The van der Waals surface area contributed by atoms with Crippen LogP contribution in [-0.4, -0.2) is 24.5 Å². The molecule has 1 atom stereocenters. The van der Waals surface area contributed by atoms with E-state index < -0.39 is 0 Å². The van der Waals surface area contributed by atoms with Crippen LogP contribution < -0.4 is 5.73 Å². The van der Waals surface area contributed by atoms with Crippen LogP contribution in [0.4, 0.5) is 4.39 Å². The molecule has 0 spiro atoms. The SMILES string of the molecule is Cc1ccc(CN2CCC(C(CN)c3ccc(F)cc3)CC2)cc1. The van der Waals surface area contributed by atoms with E-state index in [0.29, 0.717) is 18.4 Å². The Kier molecular flexibility index (Phi) is 5.64. The Morgan fingerprint density at radius 3 is 2.25 bits per heavy atom. The first kappa shape index (κ1) is 17.1. The maximum absolute atomic E-state index is 13.1. The van der Waals surface area contributed by atoms with E-state index in [4.69, 9.17) is 5.73 Å². The number of halogens is 1. The van der Waals surface area contributed by atoms with E-state index in [1.807, 2.05) is 12.1 Å². The van der Waals surface area contributed by atoms with Crippen molar-refractivity contribution in [1.29, 1.82) is 0 Å². The van der Waals surface area contributed by atoms with Crippen LogP contribution in [0.15, 0.2) is 48.5 Å². The fourth-order valence-corrected chi connectivity index (χ4v) is 3.78. The quantitative estimate of drug-likeness (QED) is 0.897. The monoisotopic (exact) mass is 326 g/mol. The number of piperidine rings is 1. The molecule has 3 heteroatoms. The van der Waals surface area contributed by atoms with E-state index in [9.17, 15) is 4.39 Å². The Labute approximate surface area is 144 Å².